The number of carboxylic acids is 1. The van der Waals surface area contributed by atoms with E-state index < -0.39 is 5.97 Å². The van der Waals surface area contributed by atoms with Crippen LogP contribution in [0.3, 0.4) is 0 Å². The van der Waals surface area contributed by atoms with Crippen molar-refractivity contribution >= 4 is 23.1 Å². The number of nitrogens with one attached hydrogen (secondary N) is 1. The van der Waals surface area contributed by atoms with Crippen LogP contribution >= 0.6 is 11.3 Å². The highest BCUT2D eigenvalue weighted by Crippen LogP contribution is 2.35. The Labute approximate surface area is 200 Å². The lowest BCUT2D eigenvalue weighted by atomic mass is 10.0. The van der Waals surface area contributed by atoms with Crippen molar-refractivity contribution in [1.29, 1.82) is 0 Å². The third kappa shape index (κ3) is 8.26. The molecule has 0 saturated carbocycles. The molecule has 174 valence electrons. The molecule has 5 heteroatoms. The molecule has 33 heavy (non-hydrogen) atoms. The number of rotatable bonds is 14. The van der Waals surface area contributed by atoms with E-state index >= 15 is 0 Å². The number of unbranched alkanes of at least 4 members (excludes halogenated alkanes) is 2. The summed E-state index contributed by atoms with van der Waals surface area (Å²) in [4.78, 5) is 25.4. The van der Waals surface area contributed by atoms with E-state index in [1.807, 2.05) is 18.2 Å². The van der Waals surface area contributed by atoms with E-state index in [1.165, 1.54) is 16.0 Å². The molecule has 0 saturated heterocycles. The second-order valence-electron chi connectivity index (χ2n) is 8.42. The molecule has 2 aromatic carbocycles. The van der Waals surface area contributed by atoms with Gasteiger partial charge in [-0.2, -0.15) is 0 Å². The van der Waals surface area contributed by atoms with Crippen molar-refractivity contribution < 1.29 is 14.7 Å². The monoisotopic (exact) mass is 463 g/mol. The molecule has 0 atom stereocenters. The Morgan fingerprint density at radius 3 is 2.48 bits per heavy atom. The Morgan fingerprint density at radius 2 is 1.73 bits per heavy atom. The number of benzene rings is 2. The van der Waals surface area contributed by atoms with Crippen LogP contribution in [0.2, 0.25) is 0 Å². The number of aryl methyl sites for hydroxylation is 1. The number of thiophene rings is 1. The number of ketones is 1. The average molecular weight is 464 g/mol. The van der Waals surface area contributed by atoms with Crippen molar-refractivity contribution in [2.75, 3.05) is 6.54 Å². The van der Waals surface area contributed by atoms with Gasteiger partial charge in [0.25, 0.3) is 0 Å². The van der Waals surface area contributed by atoms with Crippen LogP contribution < -0.4 is 5.32 Å². The SMILES string of the molecule is CCCCCC(=O)CNCc1cccc(-c2sc(CCC(=O)O)cc2Cc2ccccc2)c1. The Morgan fingerprint density at radius 1 is 0.939 bits per heavy atom. The highest BCUT2D eigenvalue weighted by atomic mass is 32.1. The van der Waals surface area contributed by atoms with Gasteiger partial charge in [0, 0.05) is 22.7 Å². The first-order valence-corrected chi connectivity index (χ1v) is 12.6. The van der Waals surface area contributed by atoms with Gasteiger partial charge in [0.2, 0.25) is 0 Å². The lowest BCUT2D eigenvalue weighted by Gasteiger charge is -2.08. The number of Topliss-reactive ketones (excluding diaryl/α,β-unsaturated/α-hetero) is 1. The maximum absolute atomic E-state index is 12.0. The van der Waals surface area contributed by atoms with Gasteiger partial charge in [-0.1, -0.05) is 68.3 Å². The summed E-state index contributed by atoms with van der Waals surface area (Å²) in [6.45, 7) is 3.20. The summed E-state index contributed by atoms with van der Waals surface area (Å²) in [5, 5.41) is 12.4. The van der Waals surface area contributed by atoms with Crippen LogP contribution in [0.4, 0.5) is 0 Å². The summed E-state index contributed by atoms with van der Waals surface area (Å²) >= 11 is 1.68. The van der Waals surface area contributed by atoms with Gasteiger partial charge < -0.3 is 10.4 Å². The first-order chi connectivity index (χ1) is 16.0. The molecule has 0 aliphatic heterocycles. The molecule has 1 heterocycles. The van der Waals surface area contributed by atoms with Crippen molar-refractivity contribution in [1.82, 2.24) is 5.32 Å². The smallest absolute Gasteiger partial charge is 0.303 e. The maximum Gasteiger partial charge on any atom is 0.303 e. The Balaban J connectivity index is 1.72. The molecule has 0 aliphatic rings. The minimum atomic E-state index is -0.771. The Bertz CT molecular complexity index is 1040. The summed E-state index contributed by atoms with van der Waals surface area (Å²) in [7, 11) is 0. The molecular formula is C28H33NO3S. The van der Waals surface area contributed by atoms with E-state index in [0.717, 1.165) is 41.7 Å². The third-order valence-corrected chi connectivity index (χ3v) is 6.87. The number of carbonyl (C=O) groups excluding carboxylic acids is 1. The zero-order valence-corrected chi connectivity index (χ0v) is 20.1. The summed E-state index contributed by atoms with van der Waals surface area (Å²) < 4.78 is 0. The van der Waals surface area contributed by atoms with Gasteiger partial charge in [-0.05, 0) is 53.6 Å². The van der Waals surface area contributed by atoms with Crippen LogP contribution in [0, 0.1) is 0 Å². The Hall–Kier alpha value is -2.76. The van der Waals surface area contributed by atoms with Crippen LogP contribution in [0.1, 0.15) is 60.6 Å². The van der Waals surface area contributed by atoms with Crippen molar-refractivity contribution in [3.63, 3.8) is 0 Å². The standard InChI is InChI=1S/C28H33NO3S/c1-2-3-5-13-25(30)20-29-19-22-11-8-12-23(17-22)28-24(16-21-9-6-4-7-10-21)18-26(33-28)14-15-27(31)32/h4,6-12,17-18,29H,2-3,5,13-16,19-20H2,1H3,(H,31,32). The van der Waals surface area contributed by atoms with Crippen LogP contribution in [-0.2, 0) is 29.0 Å². The van der Waals surface area contributed by atoms with Crippen LogP contribution in [-0.4, -0.2) is 23.4 Å². The largest absolute Gasteiger partial charge is 0.481 e. The third-order valence-electron chi connectivity index (χ3n) is 5.58. The fraction of sp³-hybridized carbons (Fsp3) is 0.357. The number of carboxylic acid groups (broad SMARTS) is 1. The van der Waals surface area contributed by atoms with Gasteiger partial charge >= 0.3 is 5.97 Å². The van der Waals surface area contributed by atoms with Crippen molar-refractivity contribution in [3.8, 4) is 10.4 Å². The summed E-state index contributed by atoms with van der Waals surface area (Å²) in [5.74, 6) is -0.502. The molecule has 3 rings (SSSR count). The minimum Gasteiger partial charge on any atom is -0.481 e. The Kier molecular flexibility index (Phi) is 9.85. The number of hydrogen-bond donors (Lipinski definition) is 2. The van der Waals surface area contributed by atoms with E-state index in [9.17, 15) is 9.59 Å². The fourth-order valence-electron chi connectivity index (χ4n) is 3.86. The van der Waals surface area contributed by atoms with Gasteiger partial charge in [0.05, 0.1) is 13.0 Å². The molecule has 0 fully saturated rings. The topological polar surface area (TPSA) is 66.4 Å². The van der Waals surface area contributed by atoms with Gasteiger partial charge in [0.15, 0.2) is 0 Å². The van der Waals surface area contributed by atoms with Gasteiger partial charge in [-0.25, -0.2) is 0 Å². The van der Waals surface area contributed by atoms with E-state index in [0.29, 0.717) is 25.9 Å². The molecule has 0 aliphatic carbocycles. The zero-order chi connectivity index (χ0) is 23.5. The summed E-state index contributed by atoms with van der Waals surface area (Å²) in [6.07, 6.45) is 5.35. The van der Waals surface area contributed by atoms with E-state index in [1.54, 1.807) is 11.3 Å². The first-order valence-electron chi connectivity index (χ1n) is 11.7. The van der Waals surface area contributed by atoms with E-state index in [2.05, 4.69) is 54.7 Å². The number of carbonyl (C=O) groups is 2. The van der Waals surface area contributed by atoms with Crippen molar-refractivity contribution in [3.05, 3.63) is 82.2 Å². The minimum absolute atomic E-state index is 0.140. The number of hydrogen-bond acceptors (Lipinski definition) is 4. The van der Waals surface area contributed by atoms with Gasteiger partial charge in [-0.15, -0.1) is 11.3 Å². The van der Waals surface area contributed by atoms with E-state index in [-0.39, 0.29) is 12.2 Å². The second kappa shape index (κ2) is 13.1. The molecule has 4 nitrogen and oxygen atoms in total. The predicted molar refractivity (Wildman–Crippen MR) is 136 cm³/mol. The molecule has 0 spiro atoms. The summed E-state index contributed by atoms with van der Waals surface area (Å²) in [5.41, 5.74) is 4.74. The molecule has 0 unspecified atom stereocenters. The second-order valence-corrected chi connectivity index (χ2v) is 9.56. The first kappa shape index (κ1) is 24.9. The molecule has 2 N–H and O–H groups in total. The quantitative estimate of drug-likeness (QED) is 0.277. The molecule has 0 bridgehead atoms. The van der Waals surface area contributed by atoms with Crippen molar-refractivity contribution in [2.45, 2.75) is 58.4 Å². The summed E-state index contributed by atoms with van der Waals surface area (Å²) in [6, 6.07) is 20.9. The molecule has 0 radical (unpaired) electrons. The fourth-order valence-corrected chi connectivity index (χ4v) is 5.03. The predicted octanol–water partition coefficient (Wildman–Crippen LogP) is 6.26. The van der Waals surface area contributed by atoms with E-state index in [4.69, 9.17) is 5.11 Å². The van der Waals surface area contributed by atoms with Crippen LogP contribution in [0.15, 0.2) is 60.7 Å². The molecule has 1 aromatic heterocycles. The zero-order valence-electron chi connectivity index (χ0n) is 19.3. The van der Waals surface area contributed by atoms with Crippen molar-refractivity contribution in [2.24, 2.45) is 0 Å². The highest BCUT2D eigenvalue weighted by Gasteiger charge is 2.13. The van der Waals surface area contributed by atoms with Gasteiger partial charge in [0.1, 0.15) is 5.78 Å². The van der Waals surface area contributed by atoms with Crippen LogP contribution in [0.5, 0.6) is 0 Å². The molecular weight excluding hydrogens is 430 g/mol. The maximum atomic E-state index is 12.0. The lowest BCUT2D eigenvalue weighted by Crippen LogP contribution is -2.22. The normalized spacial score (nSPS) is 10.9. The lowest BCUT2D eigenvalue weighted by molar-refractivity contribution is -0.137. The highest BCUT2D eigenvalue weighted by molar-refractivity contribution is 7.15. The average Bonchev–Trinajstić information content (AvgIpc) is 3.21. The molecule has 0 amide bonds. The van der Waals surface area contributed by atoms with Crippen LogP contribution in [0.25, 0.3) is 10.4 Å². The number of aliphatic carboxylic acids is 1. The molecule has 3 aromatic rings. The van der Waals surface area contributed by atoms with Gasteiger partial charge in [-0.3, -0.25) is 9.59 Å².